The fourth-order valence-corrected chi connectivity index (χ4v) is 2.59. The van der Waals surface area contributed by atoms with E-state index >= 15 is 0 Å². The van der Waals surface area contributed by atoms with Gasteiger partial charge in [-0.15, -0.1) is 10.2 Å². The average molecular weight is 268 g/mol. The topological polar surface area (TPSA) is 64.7 Å². The van der Waals surface area contributed by atoms with Crippen LogP contribution in [0.5, 0.6) is 0 Å². The minimum absolute atomic E-state index is 0.474. The Kier molecular flexibility index (Phi) is 2.97. The zero-order valence-corrected chi connectivity index (χ0v) is 11.2. The zero-order valence-electron chi connectivity index (χ0n) is 10.4. The molecule has 0 spiro atoms. The predicted octanol–water partition coefficient (Wildman–Crippen LogP) is 3.16. The molecule has 0 aliphatic rings. The maximum atomic E-state index is 5.61. The molecular weight excluding hydrogens is 256 g/mol. The third kappa shape index (κ3) is 2.32. The number of nitrogen functional groups attached to an aromatic ring is 1. The Morgan fingerprint density at radius 3 is 2.42 bits per heavy atom. The van der Waals surface area contributed by atoms with Crippen molar-refractivity contribution in [2.75, 3.05) is 5.73 Å². The van der Waals surface area contributed by atoms with E-state index in [4.69, 9.17) is 5.73 Å². The second kappa shape index (κ2) is 4.78. The number of hydrogen-bond donors (Lipinski definition) is 1. The Hall–Kier alpha value is -2.27. The van der Waals surface area contributed by atoms with Gasteiger partial charge in [0.05, 0.1) is 5.69 Å². The lowest BCUT2D eigenvalue weighted by atomic mass is 10.1. The first-order valence-electron chi connectivity index (χ1n) is 5.86. The molecule has 3 rings (SSSR count). The van der Waals surface area contributed by atoms with Gasteiger partial charge in [0, 0.05) is 16.8 Å². The Morgan fingerprint density at radius 1 is 1.00 bits per heavy atom. The number of nitrogens with zero attached hydrogens (tertiary/aromatic N) is 3. The molecule has 0 amide bonds. The molecule has 0 fully saturated rings. The van der Waals surface area contributed by atoms with E-state index in [2.05, 4.69) is 15.2 Å². The third-order valence-corrected chi connectivity index (χ3v) is 3.61. The summed E-state index contributed by atoms with van der Waals surface area (Å²) >= 11 is 1.37. The normalized spacial score (nSPS) is 10.6. The minimum Gasteiger partial charge on any atom is -0.374 e. The lowest BCUT2D eigenvalue weighted by molar-refractivity contribution is 1.09. The SMILES string of the molecule is Cc1nc(-c2ccccc2)ccc1-c1nnc(N)s1. The zero-order chi connectivity index (χ0) is 13.2. The molecule has 0 unspecified atom stereocenters. The molecule has 5 heteroatoms. The van der Waals surface area contributed by atoms with Crippen molar-refractivity contribution in [1.29, 1.82) is 0 Å². The Balaban J connectivity index is 2.03. The van der Waals surface area contributed by atoms with Gasteiger partial charge in [-0.2, -0.15) is 0 Å². The van der Waals surface area contributed by atoms with Crippen LogP contribution in [-0.2, 0) is 0 Å². The van der Waals surface area contributed by atoms with E-state index in [0.717, 1.165) is 27.5 Å². The van der Waals surface area contributed by atoms with E-state index in [1.807, 2.05) is 49.4 Å². The number of aryl methyl sites for hydroxylation is 1. The first kappa shape index (κ1) is 11.8. The molecule has 19 heavy (non-hydrogen) atoms. The van der Waals surface area contributed by atoms with Crippen molar-refractivity contribution in [3.63, 3.8) is 0 Å². The maximum absolute atomic E-state index is 5.61. The third-order valence-electron chi connectivity index (χ3n) is 2.83. The standard InChI is InChI=1S/C14H12N4S/c1-9-11(13-17-18-14(15)19-13)7-8-12(16-9)10-5-3-2-4-6-10/h2-8H,1H3,(H2,15,18). The summed E-state index contributed by atoms with van der Waals surface area (Å²) in [5.41, 5.74) is 9.58. The number of pyridine rings is 1. The van der Waals surface area contributed by atoms with Crippen LogP contribution in [0.2, 0.25) is 0 Å². The van der Waals surface area contributed by atoms with E-state index in [0.29, 0.717) is 5.13 Å². The fourth-order valence-electron chi connectivity index (χ4n) is 1.90. The van der Waals surface area contributed by atoms with E-state index in [-0.39, 0.29) is 0 Å². The number of rotatable bonds is 2. The second-order valence-electron chi connectivity index (χ2n) is 4.14. The van der Waals surface area contributed by atoms with E-state index in [1.54, 1.807) is 0 Å². The molecule has 4 nitrogen and oxygen atoms in total. The summed E-state index contributed by atoms with van der Waals surface area (Å²) in [6, 6.07) is 14.1. The number of hydrogen-bond acceptors (Lipinski definition) is 5. The molecule has 0 saturated heterocycles. The van der Waals surface area contributed by atoms with E-state index in [1.165, 1.54) is 11.3 Å². The molecule has 0 saturated carbocycles. The highest BCUT2D eigenvalue weighted by Gasteiger charge is 2.09. The Bertz CT molecular complexity index is 706. The van der Waals surface area contributed by atoms with Crippen molar-refractivity contribution in [1.82, 2.24) is 15.2 Å². The number of nitrogens with two attached hydrogens (primary N) is 1. The van der Waals surface area contributed by atoms with Crippen LogP contribution in [0.25, 0.3) is 21.8 Å². The molecule has 0 radical (unpaired) electrons. The summed E-state index contributed by atoms with van der Waals surface area (Å²) in [5, 5.41) is 9.17. The Morgan fingerprint density at radius 2 is 1.79 bits per heavy atom. The van der Waals surface area contributed by atoms with Gasteiger partial charge in [0.1, 0.15) is 0 Å². The summed E-state index contributed by atoms with van der Waals surface area (Å²) < 4.78 is 0. The lowest BCUT2D eigenvalue weighted by Gasteiger charge is -2.05. The highest BCUT2D eigenvalue weighted by atomic mass is 32.1. The van der Waals surface area contributed by atoms with Gasteiger partial charge >= 0.3 is 0 Å². The second-order valence-corrected chi connectivity index (χ2v) is 5.15. The van der Waals surface area contributed by atoms with Crippen molar-refractivity contribution in [2.45, 2.75) is 6.92 Å². The van der Waals surface area contributed by atoms with Crippen LogP contribution in [0, 0.1) is 6.92 Å². The highest BCUT2D eigenvalue weighted by molar-refractivity contribution is 7.18. The molecule has 94 valence electrons. The van der Waals surface area contributed by atoms with Gasteiger partial charge in [-0.05, 0) is 19.1 Å². The summed E-state index contributed by atoms with van der Waals surface area (Å²) in [5.74, 6) is 0. The summed E-state index contributed by atoms with van der Waals surface area (Å²) in [4.78, 5) is 4.63. The largest absolute Gasteiger partial charge is 0.374 e. The minimum atomic E-state index is 0.474. The first-order valence-corrected chi connectivity index (χ1v) is 6.68. The van der Waals surface area contributed by atoms with Crippen LogP contribution in [0.3, 0.4) is 0 Å². The van der Waals surface area contributed by atoms with Crippen LogP contribution in [0.1, 0.15) is 5.69 Å². The summed E-state index contributed by atoms with van der Waals surface area (Å²) in [7, 11) is 0. The highest BCUT2D eigenvalue weighted by Crippen LogP contribution is 2.28. The van der Waals surface area contributed by atoms with Gasteiger partial charge in [-0.25, -0.2) is 0 Å². The molecule has 2 heterocycles. The Labute approximate surface area is 115 Å². The van der Waals surface area contributed by atoms with Gasteiger partial charge in [0.15, 0.2) is 5.01 Å². The molecule has 0 bridgehead atoms. The average Bonchev–Trinajstić information content (AvgIpc) is 2.86. The van der Waals surface area contributed by atoms with Crippen molar-refractivity contribution in [3.05, 3.63) is 48.2 Å². The quantitative estimate of drug-likeness (QED) is 0.775. The monoisotopic (exact) mass is 268 g/mol. The smallest absolute Gasteiger partial charge is 0.203 e. The molecular formula is C14H12N4S. The summed E-state index contributed by atoms with van der Waals surface area (Å²) in [6.45, 7) is 1.97. The van der Waals surface area contributed by atoms with Crippen molar-refractivity contribution in [2.24, 2.45) is 0 Å². The number of aromatic nitrogens is 3. The fraction of sp³-hybridized carbons (Fsp3) is 0.0714. The predicted molar refractivity (Wildman–Crippen MR) is 77.7 cm³/mol. The van der Waals surface area contributed by atoms with Gasteiger partial charge in [-0.1, -0.05) is 41.7 Å². The van der Waals surface area contributed by atoms with Crippen LogP contribution in [0.4, 0.5) is 5.13 Å². The molecule has 2 N–H and O–H groups in total. The van der Waals surface area contributed by atoms with E-state index < -0.39 is 0 Å². The van der Waals surface area contributed by atoms with Crippen LogP contribution in [0.15, 0.2) is 42.5 Å². The van der Waals surface area contributed by atoms with Crippen LogP contribution >= 0.6 is 11.3 Å². The van der Waals surface area contributed by atoms with Crippen molar-refractivity contribution in [3.8, 4) is 21.8 Å². The molecule has 0 atom stereocenters. The van der Waals surface area contributed by atoms with Crippen LogP contribution < -0.4 is 5.73 Å². The van der Waals surface area contributed by atoms with Gasteiger partial charge < -0.3 is 5.73 Å². The van der Waals surface area contributed by atoms with Crippen molar-refractivity contribution < 1.29 is 0 Å². The van der Waals surface area contributed by atoms with Gasteiger partial charge in [0.2, 0.25) is 5.13 Å². The molecule has 0 aliphatic heterocycles. The molecule has 2 aromatic heterocycles. The van der Waals surface area contributed by atoms with Crippen molar-refractivity contribution >= 4 is 16.5 Å². The first-order chi connectivity index (χ1) is 9.24. The van der Waals surface area contributed by atoms with Gasteiger partial charge in [0.25, 0.3) is 0 Å². The lowest BCUT2D eigenvalue weighted by Crippen LogP contribution is -1.90. The van der Waals surface area contributed by atoms with Crippen LogP contribution in [-0.4, -0.2) is 15.2 Å². The molecule has 0 aliphatic carbocycles. The summed E-state index contributed by atoms with van der Waals surface area (Å²) in [6.07, 6.45) is 0. The molecule has 3 aromatic rings. The van der Waals surface area contributed by atoms with E-state index in [9.17, 15) is 0 Å². The molecule has 1 aromatic carbocycles. The maximum Gasteiger partial charge on any atom is 0.203 e. The number of anilines is 1. The number of benzene rings is 1. The van der Waals surface area contributed by atoms with Gasteiger partial charge in [-0.3, -0.25) is 4.98 Å².